The molecule has 4 rings (SSSR count). The summed E-state index contributed by atoms with van der Waals surface area (Å²) < 4.78 is 72.7. The van der Waals surface area contributed by atoms with Gasteiger partial charge in [0.25, 0.3) is 15.9 Å². The van der Waals surface area contributed by atoms with Gasteiger partial charge in [-0.3, -0.25) is 14.4 Å². The Labute approximate surface area is 187 Å². The number of nitrogens with one attached hydrogen (secondary N) is 2. The van der Waals surface area contributed by atoms with Crippen LogP contribution in [-0.4, -0.2) is 34.0 Å². The van der Waals surface area contributed by atoms with Crippen LogP contribution >= 0.6 is 0 Å². The van der Waals surface area contributed by atoms with Crippen molar-refractivity contribution >= 4 is 27.6 Å². The van der Waals surface area contributed by atoms with Crippen molar-refractivity contribution in [3.63, 3.8) is 0 Å². The van der Waals surface area contributed by atoms with Gasteiger partial charge in [-0.1, -0.05) is 0 Å². The Kier molecular flexibility index (Phi) is 5.31. The SMILES string of the molecule is COc1ccc(S(=O)(=O)N2CCCc3cc(C(F)(F)F)ccc32)cc1C1(C)NC(=O)NC1=O. The lowest BCUT2D eigenvalue weighted by Gasteiger charge is -2.31. The highest BCUT2D eigenvalue weighted by Crippen LogP contribution is 2.39. The molecule has 0 bridgehead atoms. The average molecular weight is 483 g/mol. The molecule has 176 valence electrons. The van der Waals surface area contributed by atoms with Gasteiger partial charge >= 0.3 is 12.2 Å². The molecule has 2 aromatic rings. The Morgan fingerprint density at radius 2 is 1.85 bits per heavy atom. The number of nitrogens with zero attached hydrogens (tertiary/aromatic N) is 1. The Bertz CT molecular complexity index is 1260. The zero-order chi connectivity index (χ0) is 24.2. The summed E-state index contributed by atoms with van der Waals surface area (Å²) in [5.41, 5.74) is -1.84. The Balaban J connectivity index is 1.80. The topological polar surface area (TPSA) is 105 Å². The fraction of sp³-hybridized carbons (Fsp3) is 0.333. The highest BCUT2D eigenvalue weighted by molar-refractivity contribution is 7.92. The number of anilines is 1. The lowest BCUT2D eigenvalue weighted by molar-refractivity contribution is -0.137. The van der Waals surface area contributed by atoms with Crippen molar-refractivity contribution in [2.45, 2.75) is 36.4 Å². The fourth-order valence-electron chi connectivity index (χ4n) is 4.09. The number of fused-ring (bicyclic) bond motifs is 1. The molecule has 1 fully saturated rings. The van der Waals surface area contributed by atoms with Crippen molar-refractivity contribution in [1.29, 1.82) is 0 Å². The molecule has 0 saturated carbocycles. The van der Waals surface area contributed by atoms with Crippen LogP contribution in [-0.2, 0) is 33.0 Å². The van der Waals surface area contributed by atoms with E-state index in [2.05, 4.69) is 10.6 Å². The van der Waals surface area contributed by atoms with E-state index >= 15 is 0 Å². The second kappa shape index (κ2) is 7.65. The number of sulfonamides is 1. The highest BCUT2D eigenvalue weighted by atomic mass is 32.2. The molecular weight excluding hydrogens is 463 g/mol. The summed E-state index contributed by atoms with van der Waals surface area (Å²) in [5, 5.41) is 4.58. The first-order chi connectivity index (χ1) is 15.4. The largest absolute Gasteiger partial charge is 0.496 e. The summed E-state index contributed by atoms with van der Waals surface area (Å²) in [7, 11) is -2.87. The molecule has 12 heteroatoms. The van der Waals surface area contributed by atoms with Crippen molar-refractivity contribution in [2.75, 3.05) is 18.0 Å². The van der Waals surface area contributed by atoms with Gasteiger partial charge in [0.1, 0.15) is 11.3 Å². The number of amides is 3. The van der Waals surface area contributed by atoms with Gasteiger partial charge in [0.15, 0.2) is 0 Å². The zero-order valence-electron chi connectivity index (χ0n) is 17.6. The molecule has 0 radical (unpaired) electrons. The third-order valence-electron chi connectivity index (χ3n) is 5.83. The minimum Gasteiger partial charge on any atom is -0.496 e. The van der Waals surface area contributed by atoms with Gasteiger partial charge in [0.05, 0.1) is 23.3 Å². The predicted molar refractivity (Wildman–Crippen MR) is 111 cm³/mol. The Morgan fingerprint density at radius 3 is 2.45 bits per heavy atom. The lowest BCUT2D eigenvalue weighted by Crippen LogP contribution is -2.41. The molecule has 0 aromatic heterocycles. The number of hydrogen-bond donors (Lipinski definition) is 2. The van der Waals surface area contributed by atoms with E-state index in [1.807, 2.05) is 0 Å². The molecule has 2 heterocycles. The van der Waals surface area contributed by atoms with E-state index in [9.17, 15) is 31.2 Å². The van der Waals surface area contributed by atoms with Crippen LogP contribution < -0.4 is 19.7 Å². The molecule has 2 aliphatic rings. The van der Waals surface area contributed by atoms with Crippen LogP contribution in [0.3, 0.4) is 0 Å². The third-order valence-corrected chi connectivity index (χ3v) is 7.63. The van der Waals surface area contributed by atoms with Crippen LogP contribution in [0.25, 0.3) is 0 Å². The van der Waals surface area contributed by atoms with Crippen LogP contribution in [0, 0.1) is 0 Å². The van der Waals surface area contributed by atoms with Gasteiger partial charge in [-0.2, -0.15) is 13.2 Å². The number of aryl methyl sites for hydroxylation is 1. The number of halogens is 3. The number of benzene rings is 2. The van der Waals surface area contributed by atoms with Gasteiger partial charge < -0.3 is 10.1 Å². The van der Waals surface area contributed by atoms with Crippen molar-refractivity contribution in [1.82, 2.24) is 10.6 Å². The number of imide groups is 1. The minimum atomic E-state index is -4.54. The van der Waals surface area contributed by atoms with Gasteiger partial charge in [-0.15, -0.1) is 0 Å². The molecule has 8 nitrogen and oxygen atoms in total. The van der Waals surface area contributed by atoms with Crippen LogP contribution in [0.15, 0.2) is 41.3 Å². The maximum Gasteiger partial charge on any atom is 0.416 e. The van der Waals surface area contributed by atoms with E-state index < -0.39 is 39.2 Å². The van der Waals surface area contributed by atoms with E-state index in [0.29, 0.717) is 12.8 Å². The zero-order valence-corrected chi connectivity index (χ0v) is 18.4. The van der Waals surface area contributed by atoms with Crippen LogP contribution in [0.2, 0.25) is 0 Å². The minimum absolute atomic E-state index is 0.0799. The standard InChI is InChI=1S/C21H20F3N3O5S/c1-20(18(28)25-19(29)26-20)15-11-14(6-8-17(15)32-2)33(30,31)27-9-3-4-12-10-13(21(22,23)24)5-7-16(12)27/h5-8,10-11H,3-4,9H2,1-2H3,(H2,25,26,28,29). The van der Waals surface area contributed by atoms with Crippen LogP contribution in [0.1, 0.15) is 30.0 Å². The molecular formula is C21H20F3N3O5S. The molecule has 0 aliphatic carbocycles. The van der Waals surface area contributed by atoms with Gasteiger partial charge in [0.2, 0.25) is 0 Å². The molecule has 2 aromatic carbocycles. The molecule has 1 saturated heterocycles. The Morgan fingerprint density at radius 1 is 1.12 bits per heavy atom. The van der Waals surface area contributed by atoms with E-state index in [1.54, 1.807) is 0 Å². The van der Waals surface area contributed by atoms with Crippen molar-refractivity contribution < 1.29 is 35.9 Å². The molecule has 3 amide bonds. The number of alkyl halides is 3. The summed E-state index contributed by atoms with van der Waals surface area (Å²) in [6, 6.07) is 6.13. The summed E-state index contributed by atoms with van der Waals surface area (Å²) in [4.78, 5) is 23.9. The number of carbonyl (C=O) groups is 2. The fourth-order valence-corrected chi connectivity index (χ4v) is 5.65. The first kappa shape index (κ1) is 22.9. The summed E-state index contributed by atoms with van der Waals surface area (Å²) in [6.07, 6.45) is -3.89. The van der Waals surface area contributed by atoms with Crippen molar-refractivity contribution in [2.24, 2.45) is 0 Å². The first-order valence-electron chi connectivity index (χ1n) is 9.93. The van der Waals surface area contributed by atoms with Crippen LogP contribution in [0.4, 0.5) is 23.7 Å². The van der Waals surface area contributed by atoms with E-state index in [1.165, 1.54) is 32.2 Å². The number of carbonyl (C=O) groups excluding carboxylic acids is 2. The second-order valence-electron chi connectivity index (χ2n) is 7.92. The second-order valence-corrected chi connectivity index (χ2v) is 9.78. The molecule has 2 N–H and O–H groups in total. The van der Waals surface area contributed by atoms with E-state index in [4.69, 9.17) is 4.74 Å². The molecule has 33 heavy (non-hydrogen) atoms. The summed E-state index contributed by atoms with van der Waals surface area (Å²) in [6.45, 7) is 1.49. The monoisotopic (exact) mass is 483 g/mol. The van der Waals surface area contributed by atoms with E-state index in [0.717, 1.165) is 22.5 Å². The van der Waals surface area contributed by atoms with E-state index in [-0.39, 0.29) is 34.0 Å². The molecule has 2 aliphatic heterocycles. The predicted octanol–water partition coefficient (Wildman–Crippen LogP) is 2.91. The van der Waals surface area contributed by atoms with Gasteiger partial charge in [0, 0.05) is 12.1 Å². The quantitative estimate of drug-likeness (QED) is 0.651. The molecule has 1 atom stereocenters. The van der Waals surface area contributed by atoms with Crippen molar-refractivity contribution in [3.05, 3.63) is 53.1 Å². The average Bonchev–Trinajstić information content (AvgIpc) is 3.03. The third kappa shape index (κ3) is 3.77. The Hall–Kier alpha value is -3.28. The first-order valence-corrected chi connectivity index (χ1v) is 11.4. The number of hydrogen-bond acceptors (Lipinski definition) is 5. The number of urea groups is 1. The highest BCUT2D eigenvalue weighted by Gasteiger charge is 2.46. The molecule has 1 unspecified atom stereocenters. The smallest absolute Gasteiger partial charge is 0.416 e. The normalized spacial score (nSPS) is 20.8. The van der Waals surface area contributed by atoms with Crippen LogP contribution in [0.5, 0.6) is 5.75 Å². The van der Waals surface area contributed by atoms with Gasteiger partial charge in [-0.25, -0.2) is 13.2 Å². The number of methoxy groups -OCH3 is 1. The van der Waals surface area contributed by atoms with Crippen molar-refractivity contribution in [3.8, 4) is 5.75 Å². The number of rotatable bonds is 4. The molecule has 0 spiro atoms. The number of ether oxygens (including phenoxy) is 1. The maximum absolute atomic E-state index is 13.5. The van der Waals surface area contributed by atoms with Gasteiger partial charge in [-0.05, 0) is 61.7 Å². The lowest BCUT2D eigenvalue weighted by atomic mass is 9.91. The summed E-state index contributed by atoms with van der Waals surface area (Å²) >= 11 is 0. The maximum atomic E-state index is 13.5. The summed E-state index contributed by atoms with van der Waals surface area (Å²) in [5.74, 6) is -0.494.